The number of likely N-dealkylation sites (tertiary alicyclic amines) is 1. The number of carbonyl (C=O) groups excluding carboxylic acids is 1. The van der Waals surface area contributed by atoms with Crippen molar-refractivity contribution in [3.63, 3.8) is 0 Å². The number of methoxy groups -OCH3 is 1. The molecule has 1 aliphatic rings. The van der Waals surface area contributed by atoms with Crippen LogP contribution in [0.4, 0.5) is 4.39 Å². The predicted octanol–water partition coefficient (Wildman–Crippen LogP) is 2.57. The molecule has 0 spiro atoms. The van der Waals surface area contributed by atoms with Crippen LogP contribution >= 0.6 is 0 Å². The van der Waals surface area contributed by atoms with Gasteiger partial charge in [0.05, 0.1) is 12.3 Å². The molecule has 1 aliphatic heterocycles. The minimum absolute atomic E-state index is 0.218. The minimum atomic E-state index is -0.278. The molecule has 0 radical (unpaired) electrons. The van der Waals surface area contributed by atoms with Crippen LogP contribution in [-0.2, 0) is 11.3 Å². The maximum absolute atomic E-state index is 13.0. The Kier molecular flexibility index (Phi) is 6.35. The molecule has 1 amide bonds. The number of rotatable bonds is 7. The van der Waals surface area contributed by atoms with Crippen molar-refractivity contribution in [2.45, 2.75) is 25.3 Å². The summed E-state index contributed by atoms with van der Waals surface area (Å²) in [6.07, 6.45) is 2.06. The van der Waals surface area contributed by atoms with Crippen LogP contribution < -0.4 is 5.32 Å². The predicted molar refractivity (Wildman–Crippen MR) is 94.4 cm³/mol. The number of benzene rings is 1. The fourth-order valence-corrected chi connectivity index (χ4v) is 3.23. The van der Waals surface area contributed by atoms with Crippen LogP contribution in [0.25, 0.3) is 0 Å². The first kappa shape index (κ1) is 18.5. The Hall–Kier alpha value is -2.25. The van der Waals surface area contributed by atoms with E-state index in [9.17, 15) is 9.18 Å². The maximum atomic E-state index is 13.0. The Morgan fingerprint density at radius 2 is 2.23 bits per heavy atom. The molecule has 7 heteroatoms. The van der Waals surface area contributed by atoms with E-state index in [-0.39, 0.29) is 23.4 Å². The van der Waals surface area contributed by atoms with E-state index < -0.39 is 0 Å². The molecule has 1 N–H and O–H groups in total. The van der Waals surface area contributed by atoms with Crippen LogP contribution in [0.2, 0.25) is 0 Å². The Morgan fingerprint density at radius 3 is 3.00 bits per heavy atom. The lowest BCUT2D eigenvalue weighted by molar-refractivity contribution is 0.0900. The van der Waals surface area contributed by atoms with Crippen LogP contribution in [0, 0.1) is 5.82 Å². The number of halogens is 1. The zero-order chi connectivity index (χ0) is 18.4. The quantitative estimate of drug-likeness (QED) is 0.768. The Morgan fingerprint density at radius 1 is 1.42 bits per heavy atom. The van der Waals surface area contributed by atoms with Gasteiger partial charge in [-0.05, 0) is 37.1 Å². The summed E-state index contributed by atoms with van der Waals surface area (Å²) in [5.41, 5.74) is 1.90. The molecule has 0 bridgehead atoms. The fourth-order valence-electron chi connectivity index (χ4n) is 3.23. The van der Waals surface area contributed by atoms with E-state index in [0.717, 1.165) is 43.7 Å². The van der Waals surface area contributed by atoms with Crippen molar-refractivity contribution in [1.82, 2.24) is 15.4 Å². The first-order valence-electron chi connectivity index (χ1n) is 8.86. The molecular weight excluding hydrogens is 337 g/mol. The Balaban J connectivity index is 1.57. The Bertz CT molecular complexity index is 717. The van der Waals surface area contributed by atoms with E-state index >= 15 is 0 Å². The zero-order valence-electron chi connectivity index (χ0n) is 14.9. The van der Waals surface area contributed by atoms with Gasteiger partial charge >= 0.3 is 0 Å². The van der Waals surface area contributed by atoms with Gasteiger partial charge in [-0.1, -0.05) is 17.3 Å². The average molecular weight is 361 g/mol. The molecule has 6 nitrogen and oxygen atoms in total. The van der Waals surface area contributed by atoms with Crippen molar-refractivity contribution in [2.75, 3.05) is 33.4 Å². The molecule has 2 heterocycles. The number of aromatic nitrogens is 1. The third-order valence-electron chi connectivity index (χ3n) is 4.59. The van der Waals surface area contributed by atoms with Crippen LogP contribution in [-0.4, -0.2) is 49.3 Å². The van der Waals surface area contributed by atoms with E-state index in [1.165, 1.54) is 12.1 Å². The number of hydrogen-bond acceptors (Lipinski definition) is 5. The normalized spacial score (nSPS) is 18.0. The second-order valence-electron chi connectivity index (χ2n) is 6.57. The molecule has 0 aliphatic carbocycles. The van der Waals surface area contributed by atoms with Crippen molar-refractivity contribution in [3.05, 3.63) is 53.2 Å². The molecule has 1 aromatic heterocycles. The molecular formula is C19H24FN3O3. The minimum Gasteiger partial charge on any atom is -0.383 e. The summed E-state index contributed by atoms with van der Waals surface area (Å²) in [7, 11) is 1.58. The van der Waals surface area contributed by atoms with Gasteiger partial charge in [0.2, 0.25) is 5.76 Å². The van der Waals surface area contributed by atoms with E-state index in [1.54, 1.807) is 13.2 Å². The van der Waals surface area contributed by atoms with Gasteiger partial charge in [0, 0.05) is 38.7 Å². The number of nitrogens with one attached hydrogen (secondary N) is 1. The molecule has 140 valence electrons. The molecule has 3 rings (SSSR count). The molecule has 1 fully saturated rings. The van der Waals surface area contributed by atoms with Gasteiger partial charge in [-0.25, -0.2) is 4.39 Å². The van der Waals surface area contributed by atoms with Gasteiger partial charge in [0.1, 0.15) is 5.82 Å². The van der Waals surface area contributed by atoms with Crippen molar-refractivity contribution < 1.29 is 18.4 Å². The summed E-state index contributed by atoms with van der Waals surface area (Å²) in [4.78, 5) is 14.3. The summed E-state index contributed by atoms with van der Waals surface area (Å²) < 4.78 is 23.2. The van der Waals surface area contributed by atoms with Crippen molar-refractivity contribution in [3.8, 4) is 0 Å². The largest absolute Gasteiger partial charge is 0.383 e. The molecule has 1 atom stereocenters. The second kappa shape index (κ2) is 8.91. The van der Waals surface area contributed by atoms with Gasteiger partial charge in [0.15, 0.2) is 0 Å². The molecule has 1 aromatic carbocycles. The van der Waals surface area contributed by atoms with Crippen LogP contribution in [0.1, 0.15) is 40.6 Å². The fraction of sp³-hybridized carbons (Fsp3) is 0.474. The first-order chi connectivity index (χ1) is 12.7. The van der Waals surface area contributed by atoms with Gasteiger partial charge in [-0.15, -0.1) is 0 Å². The number of ether oxygens (including phenoxy) is 1. The standard InChI is InChI=1S/C19H24FN3O3/c1-25-10-8-21-19(24)18-11-17(22-26-18)15-3-2-9-23(13-15)12-14-4-6-16(20)7-5-14/h4-7,11,15H,2-3,8-10,12-13H2,1H3,(H,21,24)/t15-/m0/s1. The second-order valence-corrected chi connectivity index (χ2v) is 6.57. The molecule has 2 aromatic rings. The number of amides is 1. The summed E-state index contributed by atoms with van der Waals surface area (Å²) in [6, 6.07) is 8.34. The average Bonchev–Trinajstić information content (AvgIpc) is 3.14. The molecule has 26 heavy (non-hydrogen) atoms. The summed E-state index contributed by atoms with van der Waals surface area (Å²) in [5.74, 6) is -0.0378. The van der Waals surface area contributed by atoms with Crippen molar-refractivity contribution in [1.29, 1.82) is 0 Å². The van der Waals surface area contributed by atoms with Crippen LogP contribution in [0.5, 0.6) is 0 Å². The smallest absolute Gasteiger partial charge is 0.289 e. The topological polar surface area (TPSA) is 67.6 Å². The zero-order valence-corrected chi connectivity index (χ0v) is 14.9. The highest BCUT2D eigenvalue weighted by Gasteiger charge is 2.25. The number of carbonyl (C=O) groups is 1. The summed E-state index contributed by atoms with van der Waals surface area (Å²) in [6.45, 7) is 3.50. The summed E-state index contributed by atoms with van der Waals surface area (Å²) >= 11 is 0. The van der Waals surface area contributed by atoms with E-state index in [4.69, 9.17) is 9.26 Å². The highest BCUT2D eigenvalue weighted by Crippen LogP contribution is 2.27. The van der Waals surface area contributed by atoms with Gasteiger partial charge in [-0.3, -0.25) is 9.69 Å². The number of piperidine rings is 1. The van der Waals surface area contributed by atoms with E-state index in [0.29, 0.717) is 13.2 Å². The van der Waals surface area contributed by atoms with E-state index in [1.807, 2.05) is 12.1 Å². The number of nitrogens with zero attached hydrogens (tertiary/aromatic N) is 2. The van der Waals surface area contributed by atoms with Gasteiger partial charge in [-0.2, -0.15) is 0 Å². The SMILES string of the molecule is COCCNC(=O)c1cc([C@H]2CCCN(Cc3ccc(F)cc3)C2)no1. The highest BCUT2D eigenvalue weighted by molar-refractivity contribution is 5.91. The third kappa shape index (κ3) is 4.89. The third-order valence-corrected chi connectivity index (χ3v) is 4.59. The monoisotopic (exact) mass is 361 g/mol. The van der Waals surface area contributed by atoms with Crippen molar-refractivity contribution in [2.24, 2.45) is 0 Å². The Labute approximate surface area is 152 Å². The molecule has 1 saturated heterocycles. The van der Waals surface area contributed by atoms with Crippen LogP contribution in [0.3, 0.4) is 0 Å². The maximum Gasteiger partial charge on any atom is 0.289 e. The molecule has 0 unspecified atom stereocenters. The lowest BCUT2D eigenvalue weighted by Crippen LogP contribution is -2.34. The van der Waals surface area contributed by atoms with Crippen molar-refractivity contribution >= 4 is 5.91 Å². The number of hydrogen-bond donors (Lipinski definition) is 1. The first-order valence-corrected chi connectivity index (χ1v) is 8.86. The summed E-state index contributed by atoms with van der Waals surface area (Å²) in [5, 5.41) is 6.82. The van der Waals surface area contributed by atoms with Crippen LogP contribution in [0.15, 0.2) is 34.9 Å². The van der Waals surface area contributed by atoms with E-state index in [2.05, 4.69) is 15.4 Å². The lowest BCUT2D eigenvalue weighted by atomic mass is 9.94. The lowest BCUT2D eigenvalue weighted by Gasteiger charge is -2.31. The van der Waals surface area contributed by atoms with Gasteiger partial charge < -0.3 is 14.6 Å². The highest BCUT2D eigenvalue weighted by atomic mass is 19.1. The molecule has 0 saturated carbocycles. The van der Waals surface area contributed by atoms with Gasteiger partial charge in [0.25, 0.3) is 5.91 Å².